The van der Waals surface area contributed by atoms with Crippen LogP contribution in [0.1, 0.15) is 43.7 Å². The summed E-state index contributed by atoms with van der Waals surface area (Å²) in [5.74, 6) is -0.178. The smallest absolute Gasteiger partial charge is 0.242 e. The molecular formula is C19H26FN3O. The number of rotatable bonds is 5. The van der Waals surface area contributed by atoms with Crippen LogP contribution in [-0.2, 0) is 4.79 Å². The van der Waals surface area contributed by atoms with Gasteiger partial charge in [-0.3, -0.25) is 14.6 Å². The maximum atomic E-state index is 13.3. The molecule has 2 atom stereocenters. The number of hydrogen-bond acceptors (Lipinski definition) is 3. The molecule has 0 radical (unpaired) electrons. The first-order chi connectivity index (χ1) is 11.7. The quantitative estimate of drug-likeness (QED) is 0.899. The van der Waals surface area contributed by atoms with Crippen LogP contribution in [0.15, 0.2) is 24.3 Å². The van der Waals surface area contributed by atoms with E-state index in [2.05, 4.69) is 15.1 Å². The summed E-state index contributed by atoms with van der Waals surface area (Å²) in [5, 5.41) is 3.14. The highest BCUT2D eigenvalue weighted by Crippen LogP contribution is 2.30. The van der Waals surface area contributed by atoms with Crippen molar-refractivity contribution in [1.82, 2.24) is 15.1 Å². The van der Waals surface area contributed by atoms with Crippen LogP contribution in [0.5, 0.6) is 0 Å². The average molecular weight is 331 g/mol. The molecule has 2 aliphatic heterocycles. The van der Waals surface area contributed by atoms with E-state index in [9.17, 15) is 9.18 Å². The van der Waals surface area contributed by atoms with Gasteiger partial charge in [0.1, 0.15) is 11.9 Å². The van der Waals surface area contributed by atoms with Crippen molar-refractivity contribution in [2.45, 2.75) is 50.2 Å². The Morgan fingerprint density at radius 3 is 2.46 bits per heavy atom. The van der Waals surface area contributed by atoms with Crippen LogP contribution in [0, 0.1) is 5.82 Å². The van der Waals surface area contributed by atoms with Gasteiger partial charge in [-0.1, -0.05) is 12.1 Å². The maximum absolute atomic E-state index is 13.3. The molecule has 4 rings (SSSR count). The lowest BCUT2D eigenvalue weighted by atomic mass is 10.0. The van der Waals surface area contributed by atoms with E-state index in [0.717, 1.165) is 37.9 Å². The van der Waals surface area contributed by atoms with Gasteiger partial charge >= 0.3 is 0 Å². The Labute approximate surface area is 143 Å². The lowest BCUT2D eigenvalue weighted by molar-refractivity contribution is -0.126. The number of carbonyl (C=O) groups is 1. The minimum absolute atomic E-state index is 0.0752. The topological polar surface area (TPSA) is 35.6 Å². The molecule has 5 heteroatoms. The van der Waals surface area contributed by atoms with E-state index in [4.69, 9.17) is 0 Å². The third-order valence-corrected chi connectivity index (χ3v) is 5.57. The van der Waals surface area contributed by atoms with E-state index in [-0.39, 0.29) is 17.8 Å². The van der Waals surface area contributed by atoms with Crippen LogP contribution in [0.25, 0.3) is 0 Å². The molecule has 1 aromatic carbocycles. The summed E-state index contributed by atoms with van der Waals surface area (Å²) >= 11 is 0. The highest BCUT2D eigenvalue weighted by atomic mass is 19.1. The third kappa shape index (κ3) is 3.47. The summed E-state index contributed by atoms with van der Waals surface area (Å²) in [7, 11) is 0. The number of likely N-dealkylation sites (tertiary alicyclic amines) is 2. The molecule has 1 saturated carbocycles. The van der Waals surface area contributed by atoms with Crippen molar-refractivity contribution in [2.24, 2.45) is 0 Å². The van der Waals surface area contributed by atoms with Gasteiger partial charge in [-0.25, -0.2) is 4.39 Å². The van der Waals surface area contributed by atoms with Crippen LogP contribution in [-0.4, -0.2) is 54.0 Å². The van der Waals surface area contributed by atoms with Crippen LogP contribution in [0.2, 0.25) is 0 Å². The van der Waals surface area contributed by atoms with E-state index in [0.29, 0.717) is 12.1 Å². The SMILES string of the molecule is O=C(NC1CC1)C(c1ccc(F)cc1)N1CCC(N2CCCC2)C1. The predicted molar refractivity (Wildman–Crippen MR) is 91.1 cm³/mol. The van der Waals surface area contributed by atoms with Gasteiger partial charge in [0.2, 0.25) is 5.91 Å². The van der Waals surface area contributed by atoms with Gasteiger partial charge < -0.3 is 5.32 Å². The summed E-state index contributed by atoms with van der Waals surface area (Å²) in [4.78, 5) is 17.7. The maximum Gasteiger partial charge on any atom is 0.242 e. The lowest BCUT2D eigenvalue weighted by Crippen LogP contribution is -2.42. The van der Waals surface area contributed by atoms with E-state index in [1.54, 1.807) is 12.1 Å². The first-order valence-corrected chi connectivity index (χ1v) is 9.24. The molecule has 2 heterocycles. The summed E-state index contributed by atoms with van der Waals surface area (Å²) in [6.45, 7) is 4.24. The van der Waals surface area contributed by atoms with Crippen molar-refractivity contribution in [2.75, 3.05) is 26.2 Å². The Hall–Kier alpha value is -1.46. The molecule has 0 aromatic heterocycles. The van der Waals surface area contributed by atoms with Crippen molar-refractivity contribution in [3.63, 3.8) is 0 Å². The van der Waals surface area contributed by atoms with Crippen molar-refractivity contribution in [3.8, 4) is 0 Å². The number of carbonyl (C=O) groups excluding carboxylic acids is 1. The molecule has 0 bridgehead atoms. The molecule has 1 aromatic rings. The Balaban J connectivity index is 1.50. The second-order valence-corrected chi connectivity index (χ2v) is 7.42. The number of amides is 1. The molecule has 2 unspecified atom stereocenters. The van der Waals surface area contributed by atoms with Gasteiger partial charge in [-0.2, -0.15) is 0 Å². The molecule has 1 aliphatic carbocycles. The van der Waals surface area contributed by atoms with E-state index < -0.39 is 0 Å². The first-order valence-electron chi connectivity index (χ1n) is 9.24. The van der Waals surface area contributed by atoms with Gasteiger partial charge in [0.05, 0.1) is 0 Å². The third-order valence-electron chi connectivity index (χ3n) is 5.57. The lowest BCUT2D eigenvalue weighted by Gasteiger charge is -2.29. The highest BCUT2D eigenvalue weighted by Gasteiger charge is 2.37. The zero-order valence-electron chi connectivity index (χ0n) is 14.1. The van der Waals surface area contributed by atoms with Gasteiger partial charge in [0, 0.05) is 25.2 Å². The van der Waals surface area contributed by atoms with Crippen LogP contribution in [0.3, 0.4) is 0 Å². The molecule has 1 amide bonds. The standard InChI is InChI=1S/C19H26FN3O/c20-15-5-3-14(4-6-15)18(19(24)21-16-7-8-16)23-12-9-17(13-23)22-10-1-2-11-22/h3-6,16-18H,1-2,7-13H2,(H,21,24). The Bertz CT molecular complexity index is 581. The molecule has 2 saturated heterocycles. The fourth-order valence-corrected chi connectivity index (χ4v) is 4.09. The van der Waals surface area contributed by atoms with Crippen molar-refractivity contribution in [3.05, 3.63) is 35.6 Å². The molecule has 3 fully saturated rings. The van der Waals surface area contributed by atoms with Crippen LogP contribution in [0.4, 0.5) is 4.39 Å². The first kappa shape index (κ1) is 16.0. The van der Waals surface area contributed by atoms with Gasteiger partial charge in [0.25, 0.3) is 0 Å². The van der Waals surface area contributed by atoms with Gasteiger partial charge in [-0.05, 0) is 62.9 Å². The largest absolute Gasteiger partial charge is 0.352 e. The number of nitrogens with one attached hydrogen (secondary N) is 1. The number of benzene rings is 1. The van der Waals surface area contributed by atoms with Gasteiger partial charge in [-0.15, -0.1) is 0 Å². The fraction of sp³-hybridized carbons (Fsp3) is 0.632. The zero-order chi connectivity index (χ0) is 16.5. The number of nitrogens with zero attached hydrogens (tertiary/aromatic N) is 2. The highest BCUT2D eigenvalue weighted by molar-refractivity contribution is 5.83. The van der Waals surface area contributed by atoms with Crippen molar-refractivity contribution >= 4 is 5.91 Å². The summed E-state index contributed by atoms with van der Waals surface area (Å²) in [6, 6.07) is 7.05. The molecule has 0 spiro atoms. The minimum Gasteiger partial charge on any atom is -0.352 e. The van der Waals surface area contributed by atoms with E-state index in [1.807, 2.05) is 0 Å². The zero-order valence-corrected chi connectivity index (χ0v) is 14.1. The Morgan fingerprint density at radius 1 is 1.08 bits per heavy atom. The van der Waals surface area contributed by atoms with E-state index >= 15 is 0 Å². The molecular weight excluding hydrogens is 305 g/mol. The second kappa shape index (κ2) is 6.81. The second-order valence-electron chi connectivity index (χ2n) is 7.42. The number of halogens is 1. The van der Waals surface area contributed by atoms with Crippen LogP contribution < -0.4 is 5.32 Å². The van der Waals surface area contributed by atoms with E-state index in [1.165, 1.54) is 38.1 Å². The Morgan fingerprint density at radius 2 is 1.79 bits per heavy atom. The average Bonchev–Trinajstić information content (AvgIpc) is 3.05. The minimum atomic E-state index is -0.293. The normalized spacial score (nSPS) is 26.6. The number of hydrogen-bond donors (Lipinski definition) is 1. The molecule has 4 nitrogen and oxygen atoms in total. The summed E-state index contributed by atoms with van der Waals surface area (Å²) in [5.41, 5.74) is 0.900. The van der Waals surface area contributed by atoms with Crippen molar-refractivity contribution in [1.29, 1.82) is 0 Å². The van der Waals surface area contributed by atoms with Crippen molar-refractivity contribution < 1.29 is 9.18 Å². The molecule has 1 N–H and O–H groups in total. The Kier molecular flexibility index (Phi) is 4.55. The summed E-state index contributed by atoms with van der Waals surface area (Å²) < 4.78 is 13.3. The summed E-state index contributed by atoms with van der Waals surface area (Å²) in [6.07, 6.45) is 5.87. The molecule has 130 valence electrons. The predicted octanol–water partition coefficient (Wildman–Crippen LogP) is 2.32. The molecule has 24 heavy (non-hydrogen) atoms. The molecule has 3 aliphatic rings. The van der Waals surface area contributed by atoms with Gasteiger partial charge in [0.15, 0.2) is 0 Å². The monoisotopic (exact) mass is 331 g/mol. The van der Waals surface area contributed by atoms with Crippen LogP contribution >= 0.6 is 0 Å². The fourth-order valence-electron chi connectivity index (χ4n) is 4.09.